The summed E-state index contributed by atoms with van der Waals surface area (Å²) in [6.45, 7) is 0.382. The van der Waals surface area contributed by atoms with Crippen LogP contribution in [0.3, 0.4) is 0 Å². The molecule has 0 spiro atoms. The summed E-state index contributed by atoms with van der Waals surface area (Å²) in [4.78, 5) is 36.6. The number of carboxylic acid groups (broad SMARTS) is 1. The molecule has 0 unspecified atom stereocenters. The number of aromatic nitrogens is 2. The van der Waals surface area contributed by atoms with E-state index in [9.17, 15) is 49.1 Å². The first-order valence-corrected chi connectivity index (χ1v) is 14.6. The van der Waals surface area contributed by atoms with Gasteiger partial charge in [0.1, 0.15) is 6.61 Å². The van der Waals surface area contributed by atoms with Crippen LogP contribution >= 0.6 is 0 Å². The highest BCUT2D eigenvalue weighted by molar-refractivity contribution is 5.90. The Labute approximate surface area is 273 Å². The smallest absolute Gasteiger partial charge is 0.416 e. The minimum Gasteiger partial charge on any atom is -0.481 e. The van der Waals surface area contributed by atoms with Crippen molar-refractivity contribution in [1.29, 1.82) is 0 Å². The van der Waals surface area contributed by atoms with E-state index in [1.807, 2.05) is 0 Å². The van der Waals surface area contributed by atoms with Crippen LogP contribution in [0.25, 0.3) is 0 Å². The van der Waals surface area contributed by atoms with Crippen LogP contribution in [0.15, 0.2) is 48.8 Å². The van der Waals surface area contributed by atoms with E-state index in [4.69, 9.17) is 9.84 Å². The second kappa shape index (κ2) is 14.0. The van der Waals surface area contributed by atoms with Crippen molar-refractivity contribution < 1.29 is 58.9 Å². The number of anilines is 3. The molecule has 1 aromatic heterocycles. The number of carbonyl (C=O) groups is 2. The zero-order valence-corrected chi connectivity index (χ0v) is 26.1. The third-order valence-corrected chi connectivity index (χ3v) is 7.82. The zero-order chi connectivity index (χ0) is 36.5. The van der Waals surface area contributed by atoms with Crippen LogP contribution in [0.2, 0.25) is 0 Å². The van der Waals surface area contributed by atoms with Crippen LogP contribution in [0, 0.1) is 0 Å². The first-order valence-electron chi connectivity index (χ1n) is 14.6. The van der Waals surface area contributed by atoms with Gasteiger partial charge in [0.2, 0.25) is 5.95 Å². The number of fused-ring (bicyclic) bond motifs is 1. The van der Waals surface area contributed by atoms with Gasteiger partial charge in [-0.25, -0.2) is 14.8 Å². The highest BCUT2D eigenvalue weighted by Crippen LogP contribution is 2.46. The summed E-state index contributed by atoms with van der Waals surface area (Å²) in [5.41, 5.74) is -4.61. The molecule has 0 bridgehead atoms. The maximum atomic E-state index is 14.0. The van der Waals surface area contributed by atoms with Gasteiger partial charge in [-0.15, -0.1) is 0 Å². The quantitative estimate of drug-likeness (QED) is 0.224. The van der Waals surface area contributed by atoms with Gasteiger partial charge < -0.3 is 19.6 Å². The number of amides is 1. The maximum absolute atomic E-state index is 14.0. The third kappa shape index (κ3) is 8.64. The minimum atomic E-state index is -5.17. The number of nitrogens with zero attached hydrogens (tertiary/aromatic N) is 5. The van der Waals surface area contributed by atoms with Crippen molar-refractivity contribution in [3.63, 3.8) is 0 Å². The summed E-state index contributed by atoms with van der Waals surface area (Å²) in [5, 5.41) is 8.94. The van der Waals surface area contributed by atoms with Crippen molar-refractivity contribution in [3.05, 3.63) is 76.6 Å². The van der Waals surface area contributed by atoms with E-state index < -0.39 is 84.5 Å². The molecule has 0 saturated carbocycles. The number of hydrogen-bond acceptors (Lipinski definition) is 7. The Kier molecular flexibility index (Phi) is 10.6. The van der Waals surface area contributed by atoms with Crippen LogP contribution in [0.5, 0.6) is 0 Å². The Morgan fingerprint density at radius 1 is 0.898 bits per heavy atom. The van der Waals surface area contributed by atoms with Gasteiger partial charge in [-0.2, -0.15) is 39.5 Å². The van der Waals surface area contributed by atoms with Crippen molar-refractivity contribution in [2.75, 3.05) is 35.4 Å². The van der Waals surface area contributed by atoms with Crippen molar-refractivity contribution in [2.45, 2.75) is 63.3 Å². The van der Waals surface area contributed by atoms with E-state index in [0.717, 1.165) is 17.0 Å². The Hall–Kier alpha value is -4.77. The molecule has 1 amide bonds. The van der Waals surface area contributed by atoms with Crippen molar-refractivity contribution in [1.82, 2.24) is 9.97 Å². The molecule has 1 aliphatic heterocycles. The number of alkyl halides is 9. The standard InChI is InChI=1S/C31H30F9N5O4/c1-4-21-13-25(23-12-18(29(32,33)34)5-6-24(23)45(21)28(48)49-8-7-26(46)47)44(27-41-14-22(15-42-27)43(2)3)16-17-9-19(30(35,36)37)11-20(10-17)31(38,39)40/h5-6,9-12,14-15,21,25H,4,7-8,13,16H2,1-3H3,(H,46,47)/t21-,25+/m1/s1. The Bertz CT molecular complexity index is 1630. The summed E-state index contributed by atoms with van der Waals surface area (Å²) in [6, 6.07) is 1.37. The lowest BCUT2D eigenvalue weighted by molar-refractivity contribution is -0.143. The minimum absolute atomic E-state index is 0.0390. The number of ether oxygens (including phenoxy) is 1. The zero-order valence-electron chi connectivity index (χ0n) is 26.1. The van der Waals surface area contributed by atoms with Crippen LogP contribution in [0.1, 0.15) is 60.0 Å². The van der Waals surface area contributed by atoms with Crippen LogP contribution < -0.4 is 14.7 Å². The lowest BCUT2D eigenvalue weighted by Gasteiger charge is -2.44. The topological polar surface area (TPSA) is 99.1 Å². The third-order valence-electron chi connectivity index (χ3n) is 7.82. The average Bonchev–Trinajstić information content (AvgIpc) is 3.01. The molecule has 1 N–H and O–H groups in total. The van der Waals surface area contributed by atoms with Crippen molar-refractivity contribution >= 4 is 29.4 Å². The predicted molar refractivity (Wildman–Crippen MR) is 158 cm³/mol. The number of aliphatic carboxylic acids is 1. The molecule has 0 saturated heterocycles. The summed E-state index contributed by atoms with van der Waals surface area (Å²) in [5.74, 6) is -1.50. The highest BCUT2D eigenvalue weighted by atomic mass is 19.4. The second-order valence-electron chi connectivity index (χ2n) is 11.4. The van der Waals surface area contributed by atoms with Crippen LogP contribution in [0.4, 0.5) is 61.6 Å². The average molecular weight is 708 g/mol. The molecule has 2 aromatic carbocycles. The van der Waals surface area contributed by atoms with E-state index in [1.54, 1.807) is 25.9 Å². The van der Waals surface area contributed by atoms with Gasteiger partial charge in [-0.3, -0.25) is 9.69 Å². The van der Waals surface area contributed by atoms with Gasteiger partial charge in [0.15, 0.2) is 0 Å². The SMILES string of the molecule is CC[C@@H]1C[C@H](N(Cc2cc(C(F)(F)F)cc(C(F)(F)F)c2)c2ncc(N(C)C)cn2)c2cc(C(F)(F)F)ccc2N1C(=O)OCCC(=O)O. The molecule has 2 heterocycles. The summed E-state index contributed by atoms with van der Waals surface area (Å²) in [6.07, 6.45) is -14.2. The van der Waals surface area contributed by atoms with E-state index in [1.165, 1.54) is 17.3 Å². The van der Waals surface area contributed by atoms with Crippen molar-refractivity contribution in [2.24, 2.45) is 0 Å². The largest absolute Gasteiger partial charge is 0.481 e. The molecule has 4 rings (SSSR count). The van der Waals surface area contributed by atoms with Crippen LogP contribution in [-0.2, 0) is 34.6 Å². The molecule has 9 nitrogen and oxygen atoms in total. The molecule has 49 heavy (non-hydrogen) atoms. The molecule has 3 aromatic rings. The molecule has 0 fully saturated rings. The molecule has 1 aliphatic rings. The highest BCUT2D eigenvalue weighted by Gasteiger charge is 2.42. The first-order chi connectivity index (χ1) is 22.7. The molecule has 0 radical (unpaired) electrons. The number of carboxylic acids is 1. The summed E-state index contributed by atoms with van der Waals surface area (Å²) >= 11 is 0. The predicted octanol–water partition coefficient (Wildman–Crippen LogP) is 7.95. The normalized spacial score (nSPS) is 16.6. The number of halogens is 9. The fourth-order valence-electron chi connectivity index (χ4n) is 5.41. The van der Waals surface area contributed by atoms with E-state index in [0.29, 0.717) is 23.9 Å². The molecule has 0 aliphatic carbocycles. The lowest BCUT2D eigenvalue weighted by atomic mass is 9.87. The Balaban J connectivity index is 1.93. The van der Waals surface area contributed by atoms with Gasteiger partial charge in [-0.05, 0) is 60.4 Å². The summed E-state index contributed by atoms with van der Waals surface area (Å²) < 4.78 is 130. The van der Waals surface area contributed by atoms with E-state index in [2.05, 4.69) is 9.97 Å². The van der Waals surface area contributed by atoms with E-state index >= 15 is 0 Å². The van der Waals surface area contributed by atoms with Gasteiger partial charge in [0, 0.05) is 26.7 Å². The Morgan fingerprint density at radius 2 is 1.47 bits per heavy atom. The van der Waals surface area contributed by atoms with Gasteiger partial charge >= 0.3 is 30.6 Å². The molecular weight excluding hydrogens is 677 g/mol. The maximum Gasteiger partial charge on any atom is 0.416 e. The fourth-order valence-corrected chi connectivity index (χ4v) is 5.41. The molecule has 18 heteroatoms. The van der Waals surface area contributed by atoms with Gasteiger partial charge in [-0.1, -0.05) is 6.92 Å². The number of rotatable bonds is 9. The molecular formula is C31H30F9N5O4. The Morgan fingerprint density at radius 3 is 1.96 bits per heavy atom. The molecule has 2 atom stereocenters. The summed E-state index contributed by atoms with van der Waals surface area (Å²) in [7, 11) is 3.31. The van der Waals surface area contributed by atoms with Gasteiger partial charge in [0.25, 0.3) is 0 Å². The van der Waals surface area contributed by atoms with Crippen LogP contribution in [-0.4, -0.2) is 53.9 Å². The van der Waals surface area contributed by atoms with Gasteiger partial charge in [0.05, 0.1) is 52.9 Å². The number of hydrogen-bond donors (Lipinski definition) is 1. The first kappa shape index (κ1) is 37.1. The van der Waals surface area contributed by atoms with Crippen molar-refractivity contribution in [3.8, 4) is 0 Å². The monoisotopic (exact) mass is 707 g/mol. The van der Waals surface area contributed by atoms with E-state index in [-0.39, 0.29) is 36.1 Å². The lowest BCUT2D eigenvalue weighted by Crippen LogP contribution is -2.48. The number of benzene rings is 2. The fraction of sp³-hybridized carbons (Fsp3) is 0.419. The second-order valence-corrected chi connectivity index (χ2v) is 11.4. The molecule has 266 valence electrons. The number of carbonyl (C=O) groups excluding carboxylic acids is 1.